The van der Waals surface area contributed by atoms with Crippen LogP contribution in [0.3, 0.4) is 0 Å². The second-order valence-corrected chi connectivity index (χ2v) is 5.81. The van der Waals surface area contributed by atoms with Crippen molar-refractivity contribution in [1.82, 2.24) is 20.2 Å². The summed E-state index contributed by atoms with van der Waals surface area (Å²) in [4.78, 5) is 8.99. The number of rotatable bonds is 4. The maximum absolute atomic E-state index is 6.19. The van der Waals surface area contributed by atoms with Gasteiger partial charge in [-0.25, -0.2) is 9.97 Å². The first-order valence-electron chi connectivity index (χ1n) is 8.15. The number of H-pyrrole nitrogens is 1. The van der Waals surface area contributed by atoms with Gasteiger partial charge in [0, 0.05) is 23.3 Å². The molecular formula is C19H18N6. The monoisotopic (exact) mass is 330 g/mol. The molecule has 4 aromatic rings. The Labute approximate surface area is 145 Å². The summed E-state index contributed by atoms with van der Waals surface area (Å²) in [5.74, 6) is 1.22. The molecule has 3 heterocycles. The van der Waals surface area contributed by atoms with E-state index in [0.29, 0.717) is 5.82 Å². The molecule has 124 valence electrons. The number of nitrogens with one attached hydrogen (secondary N) is 2. The normalized spacial score (nSPS) is 10.9. The fraction of sp³-hybridized carbons (Fsp3) is 0.105. The molecule has 0 fully saturated rings. The molecule has 0 unspecified atom stereocenters. The van der Waals surface area contributed by atoms with Crippen LogP contribution in [-0.2, 0) is 6.42 Å². The van der Waals surface area contributed by atoms with E-state index in [9.17, 15) is 0 Å². The number of aryl methyl sites for hydroxylation is 1. The molecule has 0 aliphatic carbocycles. The molecule has 1 aromatic carbocycles. The average molecular weight is 330 g/mol. The van der Waals surface area contributed by atoms with Crippen LogP contribution in [0.15, 0.2) is 55.0 Å². The van der Waals surface area contributed by atoms with Crippen LogP contribution in [-0.4, -0.2) is 20.2 Å². The topological polar surface area (TPSA) is 92.5 Å². The Balaban J connectivity index is 1.81. The number of anilines is 3. The number of pyridine rings is 2. The number of hydrogen-bond donors (Lipinski definition) is 3. The van der Waals surface area contributed by atoms with Crippen molar-refractivity contribution in [2.75, 3.05) is 11.1 Å². The van der Waals surface area contributed by atoms with Gasteiger partial charge in [-0.05, 0) is 29.5 Å². The summed E-state index contributed by atoms with van der Waals surface area (Å²) in [7, 11) is 0. The van der Waals surface area contributed by atoms with E-state index in [1.807, 2.05) is 18.2 Å². The maximum Gasteiger partial charge on any atom is 0.133 e. The average Bonchev–Trinajstić information content (AvgIpc) is 3.14. The Morgan fingerprint density at radius 1 is 1.16 bits per heavy atom. The minimum Gasteiger partial charge on any atom is -0.383 e. The highest BCUT2D eigenvalue weighted by Gasteiger charge is 2.10. The molecule has 3 aromatic heterocycles. The quantitative estimate of drug-likeness (QED) is 0.527. The largest absolute Gasteiger partial charge is 0.383 e. The van der Waals surface area contributed by atoms with Crippen LogP contribution in [0.1, 0.15) is 12.5 Å². The third-order valence-electron chi connectivity index (χ3n) is 4.19. The van der Waals surface area contributed by atoms with E-state index < -0.39 is 0 Å². The number of nitrogens with zero attached hydrogens (tertiary/aromatic N) is 3. The van der Waals surface area contributed by atoms with Gasteiger partial charge in [0.25, 0.3) is 0 Å². The zero-order valence-electron chi connectivity index (χ0n) is 13.8. The lowest BCUT2D eigenvalue weighted by Gasteiger charge is -2.11. The predicted molar refractivity (Wildman–Crippen MR) is 101 cm³/mol. The number of aromatic amines is 1. The molecule has 0 saturated heterocycles. The zero-order valence-corrected chi connectivity index (χ0v) is 13.8. The Bertz CT molecular complexity index is 1020. The Morgan fingerprint density at radius 2 is 2.04 bits per heavy atom. The van der Waals surface area contributed by atoms with Crippen LogP contribution in [0.4, 0.5) is 17.3 Å². The van der Waals surface area contributed by atoms with Gasteiger partial charge in [-0.3, -0.25) is 5.10 Å². The van der Waals surface area contributed by atoms with Gasteiger partial charge in [-0.15, -0.1) is 0 Å². The first-order chi connectivity index (χ1) is 12.2. The molecule has 6 heteroatoms. The molecule has 0 saturated carbocycles. The van der Waals surface area contributed by atoms with E-state index in [-0.39, 0.29) is 0 Å². The minimum absolute atomic E-state index is 0.487. The van der Waals surface area contributed by atoms with Gasteiger partial charge in [0.05, 0.1) is 17.6 Å². The van der Waals surface area contributed by atoms with Crippen molar-refractivity contribution in [2.45, 2.75) is 13.3 Å². The minimum atomic E-state index is 0.487. The van der Waals surface area contributed by atoms with E-state index in [2.05, 4.69) is 50.6 Å². The van der Waals surface area contributed by atoms with Crippen LogP contribution < -0.4 is 11.1 Å². The van der Waals surface area contributed by atoms with Gasteiger partial charge < -0.3 is 11.1 Å². The molecule has 0 spiro atoms. The van der Waals surface area contributed by atoms with Crippen molar-refractivity contribution in [3.05, 3.63) is 60.6 Å². The van der Waals surface area contributed by atoms with Crippen LogP contribution in [0.2, 0.25) is 0 Å². The number of fused-ring (bicyclic) bond motifs is 1. The first-order valence-corrected chi connectivity index (χ1v) is 8.15. The summed E-state index contributed by atoms with van der Waals surface area (Å²) in [5, 5.41) is 11.7. The molecular weight excluding hydrogens is 312 g/mol. The van der Waals surface area contributed by atoms with Gasteiger partial charge in [0.15, 0.2) is 0 Å². The summed E-state index contributed by atoms with van der Waals surface area (Å²) < 4.78 is 0. The summed E-state index contributed by atoms with van der Waals surface area (Å²) in [6.07, 6.45) is 6.17. The molecule has 0 radical (unpaired) electrons. The number of benzene rings is 1. The van der Waals surface area contributed by atoms with Gasteiger partial charge in [-0.1, -0.05) is 31.2 Å². The van der Waals surface area contributed by atoms with Gasteiger partial charge in [0.2, 0.25) is 0 Å². The molecule has 4 rings (SSSR count). The van der Waals surface area contributed by atoms with Crippen LogP contribution in [0.5, 0.6) is 0 Å². The smallest absolute Gasteiger partial charge is 0.133 e. The van der Waals surface area contributed by atoms with E-state index in [1.54, 1.807) is 18.6 Å². The molecule has 0 atom stereocenters. The van der Waals surface area contributed by atoms with Gasteiger partial charge in [0.1, 0.15) is 11.6 Å². The highest BCUT2D eigenvalue weighted by atomic mass is 15.1. The maximum atomic E-state index is 6.19. The molecule has 0 amide bonds. The third kappa shape index (κ3) is 2.89. The first kappa shape index (κ1) is 15.1. The van der Waals surface area contributed by atoms with Crippen LogP contribution in [0, 0.1) is 0 Å². The lowest BCUT2D eigenvalue weighted by atomic mass is 10.0. The van der Waals surface area contributed by atoms with Crippen molar-refractivity contribution in [1.29, 1.82) is 0 Å². The second-order valence-electron chi connectivity index (χ2n) is 5.81. The van der Waals surface area contributed by atoms with E-state index >= 15 is 0 Å². The van der Waals surface area contributed by atoms with Crippen molar-refractivity contribution < 1.29 is 0 Å². The molecule has 0 aliphatic rings. The second kappa shape index (κ2) is 6.24. The summed E-state index contributed by atoms with van der Waals surface area (Å²) in [5.41, 5.74) is 10.3. The predicted octanol–water partition coefficient (Wildman–Crippen LogP) is 3.91. The molecule has 25 heavy (non-hydrogen) atoms. The van der Waals surface area contributed by atoms with Crippen LogP contribution >= 0.6 is 0 Å². The molecule has 0 bridgehead atoms. The lowest BCUT2D eigenvalue weighted by molar-refractivity contribution is 1.09. The summed E-state index contributed by atoms with van der Waals surface area (Å²) >= 11 is 0. The zero-order chi connectivity index (χ0) is 17.2. The Morgan fingerprint density at radius 3 is 2.84 bits per heavy atom. The van der Waals surface area contributed by atoms with Gasteiger partial charge in [-0.2, -0.15) is 5.10 Å². The molecule has 0 aliphatic heterocycles. The summed E-state index contributed by atoms with van der Waals surface area (Å²) in [6.45, 7) is 2.14. The van der Waals surface area contributed by atoms with Crippen molar-refractivity contribution in [3.8, 4) is 11.3 Å². The fourth-order valence-corrected chi connectivity index (χ4v) is 2.93. The number of nitrogens with two attached hydrogens (primary N) is 1. The van der Waals surface area contributed by atoms with E-state index in [4.69, 9.17) is 5.73 Å². The standard InChI is InChI=1S/C19H18N6/c1-2-12-5-3-4-6-15(12)17-7-13-8-18(24-14-9-22-23-10-14)21-11-16(13)19(20)25-17/h3-11H,2H2,1H3,(H2,20,25)(H,21,24)(H,22,23). The number of nitrogen functional groups attached to an aromatic ring is 1. The lowest BCUT2D eigenvalue weighted by Crippen LogP contribution is -1.98. The molecule has 4 N–H and O–H groups in total. The molecule has 6 nitrogen and oxygen atoms in total. The highest BCUT2D eigenvalue weighted by molar-refractivity contribution is 5.94. The third-order valence-corrected chi connectivity index (χ3v) is 4.19. The van der Waals surface area contributed by atoms with E-state index in [1.165, 1.54) is 5.56 Å². The Hall–Kier alpha value is -3.41. The van der Waals surface area contributed by atoms with Crippen molar-refractivity contribution in [3.63, 3.8) is 0 Å². The van der Waals surface area contributed by atoms with Crippen molar-refractivity contribution >= 4 is 28.1 Å². The van der Waals surface area contributed by atoms with Gasteiger partial charge >= 0.3 is 0 Å². The fourth-order valence-electron chi connectivity index (χ4n) is 2.93. The number of aromatic nitrogens is 4. The highest BCUT2D eigenvalue weighted by Crippen LogP contribution is 2.29. The SMILES string of the molecule is CCc1ccccc1-c1cc2cc(Nc3cn[nH]c3)ncc2c(N)n1. The van der Waals surface area contributed by atoms with Crippen molar-refractivity contribution in [2.24, 2.45) is 0 Å². The van der Waals surface area contributed by atoms with E-state index in [0.717, 1.165) is 40.0 Å². The Kier molecular flexibility index (Phi) is 3.78. The number of hydrogen-bond acceptors (Lipinski definition) is 5. The summed E-state index contributed by atoms with van der Waals surface area (Å²) in [6, 6.07) is 12.3. The van der Waals surface area contributed by atoms with Crippen LogP contribution in [0.25, 0.3) is 22.0 Å².